The summed E-state index contributed by atoms with van der Waals surface area (Å²) < 4.78 is 43.3. The molecule has 0 aliphatic carbocycles. The Bertz CT molecular complexity index is 1260. The van der Waals surface area contributed by atoms with Crippen LogP contribution in [0.15, 0.2) is 38.8 Å². The second-order valence-electron chi connectivity index (χ2n) is 8.04. The number of benzene rings is 1. The van der Waals surface area contributed by atoms with Crippen molar-refractivity contribution in [3.05, 3.63) is 61.1 Å². The van der Waals surface area contributed by atoms with Gasteiger partial charge in [0.15, 0.2) is 0 Å². The molecule has 3 rings (SSSR count). The molecule has 3 aromatic rings. The van der Waals surface area contributed by atoms with Crippen molar-refractivity contribution in [2.24, 2.45) is 13.0 Å². The third kappa shape index (κ3) is 5.06. The zero-order valence-electron chi connectivity index (χ0n) is 18.3. The molecule has 1 atom stereocenters. The van der Waals surface area contributed by atoms with Gasteiger partial charge in [-0.1, -0.05) is 32.0 Å². The molecule has 0 bridgehead atoms. The van der Waals surface area contributed by atoms with E-state index in [0.29, 0.717) is 28.4 Å². The lowest BCUT2D eigenvalue weighted by atomic mass is 10.0. The molecule has 0 radical (unpaired) electrons. The maximum Gasteiger partial charge on any atom is 0.416 e. The van der Waals surface area contributed by atoms with Gasteiger partial charge < -0.3 is 10.2 Å². The summed E-state index contributed by atoms with van der Waals surface area (Å²) in [7, 11) is 1.36. The van der Waals surface area contributed by atoms with Gasteiger partial charge in [0.25, 0.3) is 5.56 Å². The zero-order valence-corrected chi connectivity index (χ0v) is 20.0. The van der Waals surface area contributed by atoms with E-state index in [2.05, 4.69) is 0 Å². The SMILES string of the molecule is CC(C)Cn1c(=O)n(C)c(=O)c2c(SCCCO)c(C(O)c3ccccc3C(F)(F)F)sc21. The van der Waals surface area contributed by atoms with Crippen molar-refractivity contribution in [1.29, 1.82) is 0 Å². The number of thioether (sulfide) groups is 1. The Kier molecular flexibility index (Phi) is 7.77. The minimum Gasteiger partial charge on any atom is -0.396 e. The fourth-order valence-electron chi connectivity index (χ4n) is 3.55. The number of hydrogen-bond donors (Lipinski definition) is 2. The first kappa shape index (κ1) is 25.5. The van der Waals surface area contributed by atoms with Gasteiger partial charge in [-0.15, -0.1) is 23.1 Å². The average Bonchev–Trinajstić information content (AvgIpc) is 3.13. The molecule has 0 amide bonds. The zero-order chi connectivity index (χ0) is 24.5. The lowest BCUT2D eigenvalue weighted by Gasteiger charge is -2.17. The molecule has 1 unspecified atom stereocenters. The average molecular weight is 503 g/mol. The van der Waals surface area contributed by atoms with Crippen molar-refractivity contribution in [2.45, 2.75) is 44.0 Å². The molecule has 11 heteroatoms. The van der Waals surface area contributed by atoms with Gasteiger partial charge in [-0.05, 0) is 24.0 Å². The molecule has 0 saturated heterocycles. The van der Waals surface area contributed by atoms with Gasteiger partial charge in [0, 0.05) is 30.8 Å². The van der Waals surface area contributed by atoms with E-state index >= 15 is 0 Å². The normalized spacial score (nSPS) is 13.2. The summed E-state index contributed by atoms with van der Waals surface area (Å²) in [6, 6.07) is 4.77. The molecule has 2 N–H and O–H groups in total. The Morgan fingerprint density at radius 2 is 1.85 bits per heavy atom. The molecule has 2 aromatic heterocycles. The maximum absolute atomic E-state index is 13.6. The molecule has 0 aliphatic heterocycles. The molecule has 6 nitrogen and oxygen atoms in total. The molecular formula is C22H25F3N2O4S2. The number of halogens is 3. The van der Waals surface area contributed by atoms with Gasteiger partial charge in [0.2, 0.25) is 0 Å². The molecule has 2 heterocycles. The molecule has 180 valence electrons. The predicted molar refractivity (Wildman–Crippen MR) is 124 cm³/mol. The van der Waals surface area contributed by atoms with Crippen LogP contribution < -0.4 is 11.2 Å². The molecule has 0 spiro atoms. The molecule has 0 aliphatic rings. The molecule has 0 fully saturated rings. The monoisotopic (exact) mass is 502 g/mol. The van der Waals surface area contributed by atoms with Gasteiger partial charge in [-0.25, -0.2) is 4.79 Å². The van der Waals surface area contributed by atoms with E-state index in [1.807, 2.05) is 13.8 Å². The second kappa shape index (κ2) is 10.0. The summed E-state index contributed by atoms with van der Waals surface area (Å²) in [4.78, 5) is 26.7. The van der Waals surface area contributed by atoms with E-state index in [4.69, 9.17) is 0 Å². The fourth-order valence-corrected chi connectivity index (χ4v) is 6.17. The number of aliphatic hydroxyl groups is 2. The van der Waals surface area contributed by atoms with Crippen molar-refractivity contribution >= 4 is 33.3 Å². The Labute approximate surface area is 196 Å². The maximum atomic E-state index is 13.6. The predicted octanol–water partition coefficient (Wildman–Crippen LogP) is 3.99. The Balaban J connectivity index is 2.34. The van der Waals surface area contributed by atoms with Crippen molar-refractivity contribution in [1.82, 2.24) is 9.13 Å². The number of nitrogens with zero attached hydrogens (tertiary/aromatic N) is 2. The van der Waals surface area contributed by atoms with Crippen molar-refractivity contribution < 1.29 is 23.4 Å². The standard InChI is InChI=1S/C22H25F3N2O4S2/c1-12(2)11-27-20-15(19(30)26(3)21(27)31)17(32-10-6-9-28)18(33-20)16(29)13-7-4-5-8-14(13)22(23,24)25/h4-5,7-8,12,16,28-29H,6,9-11H2,1-3H3. The van der Waals surface area contributed by atoms with Gasteiger partial charge in [-0.2, -0.15) is 13.2 Å². The third-order valence-electron chi connectivity index (χ3n) is 5.06. The van der Waals surface area contributed by atoms with Crippen LogP contribution in [-0.2, 0) is 19.8 Å². The van der Waals surface area contributed by atoms with Gasteiger partial charge in [-0.3, -0.25) is 13.9 Å². The minimum atomic E-state index is -4.67. The number of thiophene rings is 1. The lowest BCUT2D eigenvalue weighted by molar-refractivity contribution is -0.139. The molecule has 33 heavy (non-hydrogen) atoms. The van der Waals surface area contributed by atoms with Gasteiger partial charge >= 0.3 is 11.9 Å². The number of aliphatic hydroxyl groups excluding tert-OH is 2. The van der Waals surface area contributed by atoms with E-state index in [-0.39, 0.29) is 28.4 Å². The molecular weight excluding hydrogens is 477 g/mol. The summed E-state index contributed by atoms with van der Waals surface area (Å²) in [6.07, 6.45) is -5.93. The van der Waals surface area contributed by atoms with E-state index in [1.54, 1.807) is 0 Å². The van der Waals surface area contributed by atoms with Crippen LogP contribution in [0.4, 0.5) is 13.2 Å². The third-order valence-corrected chi connectivity index (χ3v) is 7.66. The smallest absolute Gasteiger partial charge is 0.396 e. The lowest BCUT2D eigenvalue weighted by Crippen LogP contribution is -2.38. The van der Waals surface area contributed by atoms with Crippen LogP contribution in [0.2, 0.25) is 0 Å². The first-order valence-electron chi connectivity index (χ1n) is 10.3. The topological polar surface area (TPSA) is 84.5 Å². The van der Waals surface area contributed by atoms with Crippen molar-refractivity contribution in [3.63, 3.8) is 0 Å². The number of alkyl halides is 3. The van der Waals surface area contributed by atoms with Crippen molar-refractivity contribution in [3.8, 4) is 0 Å². The number of hydrogen-bond acceptors (Lipinski definition) is 6. The van der Waals surface area contributed by atoms with Crippen LogP contribution in [0, 0.1) is 5.92 Å². The highest BCUT2D eigenvalue weighted by Gasteiger charge is 2.36. The van der Waals surface area contributed by atoms with Crippen LogP contribution in [0.3, 0.4) is 0 Å². The highest BCUT2D eigenvalue weighted by molar-refractivity contribution is 7.99. The highest BCUT2D eigenvalue weighted by Crippen LogP contribution is 2.44. The summed E-state index contributed by atoms with van der Waals surface area (Å²) in [6.45, 7) is 4.02. The summed E-state index contributed by atoms with van der Waals surface area (Å²) in [5, 5.41) is 20.5. The van der Waals surface area contributed by atoms with E-state index in [0.717, 1.165) is 22.0 Å². The fraction of sp³-hybridized carbons (Fsp3) is 0.455. The summed E-state index contributed by atoms with van der Waals surface area (Å²) >= 11 is 2.14. The highest BCUT2D eigenvalue weighted by atomic mass is 32.2. The summed E-state index contributed by atoms with van der Waals surface area (Å²) in [5.74, 6) is 0.449. The van der Waals surface area contributed by atoms with Crippen LogP contribution >= 0.6 is 23.1 Å². The first-order valence-corrected chi connectivity index (χ1v) is 12.1. The summed E-state index contributed by atoms with van der Waals surface area (Å²) in [5.41, 5.74) is -2.38. The Morgan fingerprint density at radius 3 is 2.45 bits per heavy atom. The minimum absolute atomic E-state index is 0.0651. The van der Waals surface area contributed by atoms with Crippen LogP contribution in [0.1, 0.15) is 42.4 Å². The number of aromatic nitrogens is 2. The molecule has 1 aromatic carbocycles. The van der Waals surface area contributed by atoms with E-state index in [1.165, 1.54) is 41.6 Å². The molecule has 0 saturated carbocycles. The number of rotatable bonds is 8. The largest absolute Gasteiger partial charge is 0.416 e. The Hall–Kier alpha value is -2.08. The van der Waals surface area contributed by atoms with Crippen LogP contribution in [0.25, 0.3) is 10.2 Å². The Morgan fingerprint density at radius 1 is 1.18 bits per heavy atom. The van der Waals surface area contributed by atoms with Gasteiger partial charge in [0.05, 0.1) is 15.8 Å². The van der Waals surface area contributed by atoms with E-state index in [9.17, 15) is 33.0 Å². The first-order chi connectivity index (χ1) is 15.5. The van der Waals surface area contributed by atoms with Gasteiger partial charge in [0.1, 0.15) is 10.9 Å². The van der Waals surface area contributed by atoms with E-state index < -0.39 is 29.1 Å². The quantitative estimate of drug-likeness (QED) is 0.360. The number of fused-ring (bicyclic) bond motifs is 1. The van der Waals surface area contributed by atoms with Crippen LogP contribution in [-0.4, -0.2) is 31.7 Å². The van der Waals surface area contributed by atoms with Crippen LogP contribution in [0.5, 0.6) is 0 Å². The second-order valence-corrected chi connectivity index (χ2v) is 10.2. The van der Waals surface area contributed by atoms with Crippen molar-refractivity contribution in [2.75, 3.05) is 12.4 Å².